The van der Waals surface area contributed by atoms with Crippen molar-refractivity contribution in [3.05, 3.63) is 27.8 Å². The molecule has 0 aliphatic heterocycles. The standard InChI is InChI=1S/C9H8ClNO6S/c1-2-17-7-3-4-8(18(10,15)16)6(5-12)9(7)11(13)14/h3-5H,2H2,1H3. The Hall–Kier alpha value is -1.67. The Bertz CT molecular complexity index is 597. The van der Waals surface area contributed by atoms with Crippen LogP contribution in [0.1, 0.15) is 17.3 Å². The van der Waals surface area contributed by atoms with E-state index in [1.807, 2.05) is 0 Å². The van der Waals surface area contributed by atoms with Gasteiger partial charge in [-0.1, -0.05) is 0 Å². The average molecular weight is 294 g/mol. The van der Waals surface area contributed by atoms with E-state index in [1.165, 1.54) is 0 Å². The van der Waals surface area contributed by atoms with Crippen molar-refractivity contribution < 1.29 is 22.9 Å². The number of hydrogen-bond acceptors (Lipinski definition) is 6. The molecule has 0 unspecified atom stereocenters. The first kappa shape index (κ1) is 14.4. The first-order valence-corrected chi connectivity index (χ1v) is 6.97. The number of nitro groups is 1. The quantitative estimate of drug-likeness (QED) is 0.354. The molecule has 0 aliphatic rings. The molecule has 0 radical (unpaired) electrons. The Morgan fingerprint density at radius 2 is 2.11 bits per heavy atom. The summed E-state index contributed by atoms with van der Waals surface area (Å²) in [6.45, 7) is 1.72. The normalized spacial score (nSPS) is 11.0. The zero-order valence-corrected chi connectivity index (χ0v) is 10.7. The van der Waals surface area contributed by atoms with Crippen molar-refractivity contribution in [3.8, 4) is 5.75 Å². The van der Waals surface area contributed by atoms with E-state index in [1.54, 1.807) is 6.92 Å². The van der Waals surface area contributed by atoms with E-state index in [2.05, 4.69) is 0 Å². The highest BCUT2D eigenvalue weighted by atomic mass is 35.7. The molecule has 98 valence electrons. The van der Waals surface area contributed by atoms with Gasteiger partial charge in [-0.2, -0.15) is 0 Å². The fraction of sp³-hybridized carbons (Fsp3) is 0.222. The highest BCUT2D eigenvalue weighted by molar-refractivity contribution is 8.13. The van der Waals surface area contributed by atoms with Crippen LogP contribution in [0, 0.1) is 10.1 Å². The smallest absolute Gasteiger partial charge is 0.322 e. The molecule has 0 amide bonds. The molecular weight excluding hydrogens is 286 g/mol. The maximum absolute atomic E-state index is 11.2. The van der Waals surface area contributed by atoms with Gasteiger partial charge in [0.2, 0.25) is 0 Å². The Morgan fingerprint density at radius 3 is 2.50 bits per heavy atom. The zero-order valence-electron chi connectivity index (χ0n) is 9.12. The molecule has 1 aromatic carbocycles. The van der Waals surface area contributed by atoms with Gasteiger partial charge in [0.1, 0.15) is 10.5 Å². The van der Waals surface area contributed by atoms with Crippen molar-refractivity contribution in [2.45, 2.75) is 11.8 Å². The van der Waals surface area contributed by atoms with Crippen LogP contribution >= 0.6 is 10.7 Å². The molecule has 0 aromatic heterocycles. The van der Waals surface area contributed by atoms with E-state index < -0.39 is 30.1 Å². The molecule has 1 rings (SSSR count). The molecule has 0 bridgehead atoms. The molecule has 18 heavy (non-hydrogen) atoms. The Balaban J connectivity index is 3.69. The fourth-order valence-corrected chi connectivity index (χ4v) is 2.40. The van der Waals surface area contributed by atoms with Crippen LogP contribution in [0.25, 0.3) is 0 Å². The summed E-state index contributed by atoms with van der Waals surface area (Å²) in [7, 11) is 0.846. The molecule has 1 aromatic rings. The highest BCUT2D eigenvalue weighted by Crippen LogP contribution is 2.35. The minimum atomic E-state index is -4.25. The third kappa shape index (κ3) is 2.77. The highest BCUT2D eigenvalue weighted by Gasteiger charge is 2.28. The van der Waals surface area contributed by atoms with Gasteiger partial charge in [-0.3, -0.25) is 14.9 Å². The SMILES string of the molecule is CCOc1ccc(S(=O)(=O)Cl)c(C=O)c1[N+](=O)[O-]. The fourth-order valence-electron chi connectivity index (χ4n) is 1.36. The number of rotatable bonds is 5. The number of aldehydes is 1. The lowest BCUT2D eigenvalue weighted by molar-refractivity contribution is -0.386. The number of hydrogen-bond donors (Lipinski definition) is 0. The van der Waals surface area contributed by atoms with Crippen molar-refractivity contribution in [2.24, 2.45) is 0 Å². The van der Waals surface area contributed by atoms with Crippen LogP contribution in [0.4, 0.5) is 5.69 Å². The third-order valence-electron chi connectivity index (χ3n) is 2.00. The van der Waals surface area contributed by atoms with Gasteiger partial charge in [-0.25, -0.2) is 8.42 Å². The maximum Gasteiger partial charge on any atom is 0.322 e. The van der Waals surface area contributed by atoms with Crippen LogP contribution < -0.4 is 4.74 Å². The second-order valence-electron chi connectivity index (χ2n) is 3.07. The molecule has 0 N–H and O–H groups in total. The molecule has 7 nitrogen and oxygen atoms in total. The van der Waals surface area contributed by atoms with Crippen LogP contribution in [0.15, 0.2) is 17.0 Å². The Labute approximate surface area is 107 Å². The van der Waals surface area contributed by atoms with Crippen LogP contribution in [0.2, 0.25) is 0 Å². The molecule has 0 spiro atoms. The molecule has 0 atom stereocenters. The molecule has 9 heteroatoms. The summed E-state index contributed by atoms with van der Waals surface area (Å²) in [5, 5.41) is 10.9. The minimum Gasteiger partial charge on any atom is -0.487 e. The van der Waals surface area contributed by atoms with E-state index in [-0.39, 0.29) is 18.6 Å². The molecule has 0 fully saturated rings. The summed E-state index contributed by atoms with van der Waals surface area (Å²) in [4.78, 5) is 20.3. The lowest BCUT2D eigenvalue weighted by atomic mass is 10.2. The Morgan fingerprint density at radius 1 is 1.50 bits per heavy atom. The lowest BCUT2D eigenvalue weighted by Crippen LogP contribution is -2.05. The van der Waals surface area contributed by atoms with Crippen molar-refractivity contribution in [1.29, 1.82) is 0 Å². The van der Waals surface area contributed by atoms with Crippen molar-refractivity contribution >= 4 is 31.7 Å². The molecule has 0 heterocycles. The summed E-state index contributed by atoms with van der Waals surface area (Å²) in [5.41, 5.74) is -1.34. The van der Waals surface area contributed by atoms with Gasteiger partial charge in [0.05, 0.1) is 11.5 Å². The van der Waals surface area contributed by atoms with Crippen LogP contribution in [0.5, 0.6) is 5.75 Å². The van der Waals surface area contributed by atoms with Gasteiger partial charge in [0, 0.05) is 10.7 Å². The summed E-state index contributed by atoms with van der Waals surface area (Å²) in [5.74, 6) is -0.186. The Kier molecular flexibility index (Phi) is 4.25. The molecule has 0 aliphatic carbocycles. The first-order valence-electron chi connectivity index (χ1n) is 4.67. The van der Waals surface area contributed by atoms with Gasteiger partial charge >= 0.3 is 5.69 Å². The van der Waals surface area contributed by atoms with Gasteiger partial charge in [-0.05, 0) is 19.1 Å². The first-order chi connectivity index (χ1) is 8.32. The van der Waals surface area contributed by atoms with Crippen molar-refractivity contribution in [3.63, 3.8) is 0 Å². The van der Waals surface area contributed by atoms with E-state index in [0.717, 1.165) is 12.1 Å². The molecule has 0 saturated carbocycles. The average Bonchev–Trinajstić information content (AvgIpc) is 2.26. The molecule has 0 saturated heterocycles. The second kappa shape index (κ2) is 5.32. The number of ether oxygens (including phenoxy) is 1. The number of carbonyl (C=O) groups excluding carboxylic acids is 1. The van der Waals surface area contributed by atoms with Crippen molar-refractivity contribution in [2.75, 3.05) is 6.61 Å². The van der Waals surface area contributed by atoms with Crippen LogP contribution in [0.3, 0.4) is 0 Å². The molecular formula is C9H8ClNO6S. The van der Waals surface area contributed by atoms with Crippen LogP contribution in [-0.2, 0) is 9.05 Å². The summed E-state index contributed by atoms with van der Waals surface area (Å²) in [6, 6.07) is 2.08. The van der Waals surface area contributed by atoms with E-state index >= 15 is 0 Å². The summed E-state index contributed by atoms with van der Waals surface area (Å²) >= 11 is 0. The van der Waals surface area contributed by atoms with Gasteiger partial charge in [0.15, 0.2) is 12.0 Å². The number of nitrogens with zero attached hydrogens (tertiary/aromatic N) is 1. The zero-order chi connectivity index (χ0) is 13.9. The second-order valence-corrected chi connectivity index (χ2v) is 5.60. The van der Waals surface area contributed by atoms with Gasteiger partial charge < -0.3 is 4.74 Å². The van der Waals surface area contributed by atoms with Gasteiger partial charge in [-0.15, -0.1) is 0 Å². The lowest BCUT2D eigenvalue weighted by Gasteiger charge is -2.07. The monoisotopic (exact) mass is 293 g/mol. The summed E-state index contributed by atoms with van der Waals surface area (Å²) in [6.07, 6.45) is 0.0654. The van der Waals surface area contributed by atoms with E-state index in [9.17, 15) is 23.3 Å². The summed E-state index contributed by atoms with van der Waals surface area (Å²) < 4.78 is 27.4. The number of carbonyl (C=O) groups is 1. The van der Waals surface area contributed by atoms with Gasteiger partial charge in [0.25, 0.3) is 9.05 Å². The number of benzene rings is 1. The number of nitro benzene ring substituents is 1. The maximum atomic E-state index is 11.2. The van der Waals surface area contributed by atoms with Crippen molar-refractivity contribution in [1.82, 2.24) is 0 Å². The topological polar surface area (TPSA) is 104 Å². The van der Waals surface area contributed by atoms with Crippen LogP contribution in [-0.4, -0.2) is 26.2 Å². The van der Waals surface area contributed by atoms with E-state index in [0.29, 0.717) is 0 Å². The minimum absolute atomic E-state index is 0.0654. The largest absolute Gasteiger partial charge is 0.487 e. The third-order valence-corrected chi connectivity index (χ3v) is 3.38. The number of halogens is 1. The van der Waals surface area contributed by atoms with E-state index in [4.69, 9.17) is 15.4 Å². The predicted octanol–water partition coefficient (Wildman–Crippen LogP) is 1.73. The predicted molar refractivity (Wildman–Crippen MR) is 62.7 cm³/mol.